The molecule has 0 aliphatic carbocycles. The summed E-state index contributed by atoms with van der Waals surface area (Å²) in [6.07, 6.45) is -0.0744. The van der Waals surface area contributed by atoms with Gasteiger partial charge >= 0.3 is 0 Å². The lowest BCUT2D eigenvalue weighted by atomic mass is 10.2. The minimum absolute atomic E-state index is 0.0984. The second kappa shape index (κ2) is 4.87. The third kappa shape index (κ3) is 3.48. The van der Waals surface area contributed by atoms with Gasteiger partial charge in [0.15, 0.2) is 0 Å². The first-order valence-corrected chi connectivity index (χ1v) is 3.95. The second-order valence-corrected chi connectivity index (χ2v) is 2.71. The number of imide groups is 1. The Kier molecular flexibility index (Phi) is 4.51. The van der Waals surface area contributed by atoms with Gasteiger partial charge in [-0.05, 0) is 6.42 Å². The summed E-state index contributed by atoms with van der Waals surface area (Å²) in [5, 5.41) is 9.18. The number of rotatable bonds is 3. The molecule has 0 aliphatic heterocycles. The van der Waals surface area contributed by atoms with Crippen LogP contribution in [0.15, 0.2) is 0 Å². The van der Waals surface area contributed by atoms with E-state index in [1.807, 2.05) is 0 Å². The van der Waals surface area contributed by atoms with Crippen LogP contribution in [0.3, 0.4) is 0 Å². The second-order valence-electron chi connectivity index (χ2n) is 2.71. The van der Waals surface area contributed by atoms with E-state index in [0.29, 0.717) is 6.42 Å². The van der Waals surface area contributed by atoms with Crippen LogP contribution in [0.4, 0.5) is 0 Å². The molecule has 0 aromatic carbocycles. The molecule has 0 aromatic heterocycles. The van der Waals surface area contributed by atoms with E-state index in [1.54, 1.807) is 6.92 Å². The van der Waals surface area contributed by atoms with E-state index in [0.717, 1.165) is 4.90 Å². The summed E-state index contributed by atoms with van der Waals surface area (Å²) in [5.41, 5.74) is 0. The van der Waals surface area contributed by atoms with Crippen LogP contribution in [0.1, 0.15) is 27.2 Å². The summed E-state index contributed by atoms with van der Waals surface area (Å²) < 4.78 is 0. The number of carbonyl (C=O) groups excluding carboxylic acids is 2. The van der Waals surface area contributed by atoms with Crippen molar-refractivity contribution >= 4 is 11.8 Å². The van der Waals surface area contributed by atoms with Crippen molar-refractivity contribution in [2.24, 2.45) is 0 Å². The van der Waals surface area contributed by atoms with Crippen molar-refractivity contribution in [3.05, 3.63) is 0 Å². The molecule has 0 aliphatic rings. The zero-order chi connectivity index (χ0) is 9.72. The Morgan fingerprint density at radius 1 is 1.33 bits per heavy atom. The highest BCUT2D eigenvalue weighted by Crippen LogP contribution is 1.97. The fourth-order valence-electron chi connectivity index (χ4n) is 0.819. The van der Waals surface area contributed by atoms with Crippen LogP contribution in [0.2, 0.25) is 0 Å². The molecule has 0 rings (SSSR count). The average Bonchev–Trinajstić information content (AvgIpc) is 1.98. The quantitative estimate of drug-likeness (QED) is 0.661. The molecule has 0 radical (unpaired) electrons. The van der Waals surface area contributed by atoms with Crippen molar-refractivity contribution < 1.29 is 14.7 Å². The number of aliphatic hydroxyl groups excluding tert-OH is 1. The Balaban J connectivity index is 4.14. The van der Waals surface area contributed by atoms with Gasteiger partial charge in [-0.3, -0.25) is 14.5 Å². The highest BCUT2D eigenvalue weighted by atomic mass is 16.3. The molecular weight excluding hydrogens is 158 g/mol. The van der Waals surface area contributed by atoms with E-state index in [9.17, 15) is 14.7 Å². The summed E-state index contributed by atoms with van der Waals surface area (Å²) >= 11 is 0. The normalized spacial score (nSPS) is 12.3. The molecule has 12 heavy (non-hydrogen) atoms. The summed E-state index contributed by atoms with van der Waals surface area (Å²) in [4.78, 5) is 22.7. The third-order valence-corrected chi connectivity index (χ3v) is 1.62. The molecule has 1 unspecified atom stereocenters. The molecule has 0 spiro atoms. The van der Waals surface area contributed by atoms with Crippen LogP contribution < -0.4 is 0 Å². The molecule has 4 heteroatoms. The Labute approximate surface area is 72.2 Å². The Bertz CT molecular complexity index is 165. The maximum Gasteiger partial charge on any atom is 0.226 e. The summed E-state index contributed by atoms with van der Waals surface area (Å²) in [7, 11) is 0. The topological polar surface area (TPSA) is 57.6 Å². The molecule has 70 valence electrons. The van der Waals surface area contributed by atoms with E-state index in [2.05, 4.69) is 0 Å². The van der Waals surface area contributed by atoms with E-state index in [-0.39, 0.29) is 18.4 Å². The van der Waals surface area contributed by atoms with Gasteiger partial charge in [-0.1, -0.05) is 6.92 Å². The lowest BCUT2D eigenvalue weighted by Gasteiger charge is -2.19. The highest BCUT2D eigenvalue weighted by molar-refractivity contribution is 5.92. The van der Waals surface area contributed by atoms with Gasteiger partial charge in [-0.15, -0.1) is 0 Å². The Hall–Kier alpha value is -0.900. The minimum Gasteiger partial charge on any atom is -0.391 e. The van der Waals surface area contributed by atoms with Crippen molar-refractivity contribution in [1.29, 1.82) is 0 Å². The van der Waals surface area contributed by atoms with E-state index < -0.39 is 6.10 Å². The van der Waals surface area contributed by atoms with Gasteiger partial charge < -0.3 is 5.11 Å². The lowest BCUT2D eigenvalue weighted by Crippen LogP contribution is -2.39. The monoisotopic (exact) mass is 173 g/mol. The van der Waals surface area contributed by atoms with Gasteiger partial charge in [0.25, 0.3) is 0 Å². The van der Waals surface area contributed by atoms with Crippen molar-refractivity contribution in [1.82, 2.24) is 4.90 Å². The molecule has 0 aromatic rings. The fraction of sp³-hybridized carbons (Fsp3) is 0.750. The molecule has 0 bridgehead atoms. The lowest BCUT2D eigenvalue weighted by molar-refractivity contribution is -0.143. The van der Waals surface area contributed by atoms with Crippen LogP contribution >= 0.6 is 0 Å². The first-order valence-electron chi connectivity index (χ1n) is 3.95. The number of aliphatic hydroxyl groups is 1. The fourth-order valence-corrected chi connectivity index (χ4v) is 0.819. The number of carbonyl (C=O) groups is 2. The van der Waals surface area contributed by atoms with E-state index in [1.165, 1.54) is 13.8 Å². The Morgan fingerprint density at radius 2 is 1.75 bits per heavy atom. The maximum atomic E-state index is 10.8. The minimum atomic E-state index is -0.613. The molecular formula is C8H15NO3. The predicted molar refractivity (Wildman–Crippen MR) is 44.4 cm³/mol. The summed E-state index contributed by atoms with van der Waals surface area (Å²) in [5.74, 6) is -0.648. The van der Waals surface area contributed by atoms with E-state index in [4.69, 9.17) is 0 Å². The van der Waals surface area contributed by atoms with Crippen LogP contribution in [-0.2, 0) is 9.59 Å². The SMILES string of the molecule is CCC(O)CN(C(C)=O)C(C)=O. The zero-order valence-corrected chi connectivity index (χ0v) is 7.70. The molecule has 2 amide bonds. The number of amides is 2. The Morgan fingerprint density at radius 3 is 2.00 bits per heavy atom. The first-order chi connectivity index (χ1) is 5.49. The van der Waals surface area contributed by atoms with Crippen LogP contribution in [0.5, 0.6) is 0 Å². The van der Waals surface area contributed by atoms with Crippen LogP contribution in [-0.4, -0.2) is 34.5 Å². The molecule has 0 saturated carbocycles. The predicted octanol–water partition coefficient (Wildman–Crippen LogP) is 0.152. The van der Waals surface area contributed by atoms with Gasteiger partial charge in [-0.2, -0.15) is 0 Å². The van der Waals surface area contributed by atoms with E-state index >= 15 is 0 Å². The molecule has 4 nitrogen and oxygen atoms in total. The van der Waals surface area contributed by atoms with Gasteiger partial charge in [0.2, 0.25) is 11.8 Å². The zero-order valence-electron chi connectivity index (χ0n) is 7.70. The number of nitrogens with zero attached hydrogens (tertiary/aromatic N) is 1. The highest BCUT2D eigenvalue weighted by Gasteiger charge is 2.16. The third-order valence-electron chi connectivity index (χ3n) is 1.62. The first kappa shape index (κ1) is 11.1. The molecule has 0 fully saturated rings. The van der Waals surface area contributed by atoms with Gasteiger partial charge in [-0.25, -0.2) is 0 Å². The van der Waals surface area contributed by atoms with Gasteiger partial charge in [0, 0.05) is 13.8 Å². The van der Waals surface area contributed by atoms with Crippen molar-refractivity contribution in [2.45, 2.75) is 33.3 Å². The standard InChI is InChI=1S/C8H15NO3/c1-4-8(12)5-9(6(2)10)7(3)11/h8,12H,4-5H2,1-3H3. The van der Waals surface area contributed by atoms with Crippen LogP contribution in [0, 0.1) is 0 Å². The molecule has 0 heterocycles. The maximum absolute atomic E-state index is 10.8. The average molecular weight is 173 g/mol. The van der Waals surface area contributed by atoms with Gasteiger partial charge in [0.05, 0.1) is 12.6 Å². The smallest absolute Gasteiger partial charge is 0.226 e. The summed E-state index contributed by atoms with van der Waals surface area (Å²) in [6.45, 7) is 4.51. The van der Waals surface area contributed by atoms with Gasteiger partial charge in [0.1, 0.15) is 0 Å². The van der Waals surface area contributed by atoms with Crippen molar-refractivity contribution in [3.8, 4) is 0 Å². The molecule has 0 saturated heterocycles. The van der Waals surface area contributed by atoms with Crippen molar-refractivity contribution in [2.75, 3.05) is 6.54 Å². The number of hydrogen-bond donors (Lipinski definition) is 1. The summed E-state index contributed by atoms with van der Waals surface area (Å²) in [6, 6.07) is 0. The molecule has 1 N–H and O–H groups in total. The molecule has 1 atom stereocenters. The van der Waals surface area contributed by atoms with Crippen molar-refractivity contribution in [3.63, 3.8) is 0 Å². The number of hydrogen-bond acceptors (Lipinski definition) is 3. The largest absolute Gasteiger partial charge is 0.391 e. The van der Waals surface area contributed by atoms with Crippen LogP contribution in [0.25, 0.3) is 0 Å².